The van der Waals surface area contributed by atoms with Crippen LogP contribution in [0.5, 0.6) is 0 Å². The molecular weight excluding hydrogens is 300 g/mol. The van der Waals surface area contributed by atoms with Crippen molar-refractivity contribution in [1.29, 1.82) is 0 Å². The first kappa shape index (κ1) is 18.6. The van der Waals surface area contributed by atoms with E-state index in [1.54, 1.807) is 12.1 Å². The van der Waals surface area contributed by atoms with Crippen LogP contribution in [0.2, 0.25) is 0 Å². The molecule has 1 aromatic rings. The summed E-state index contributed by atoms with van der Waals surface area (Å²) >= 11 is 0. The van der Waals surface area contributed by atoms with Gasteiger partial charge in [-0.3, -0.25) is 4.79 Å². The standard InChI is InChI=1S/C16H26N2O3S/c1-4-6-12-17-22(20,21)15-10-8-14(9-11-15)18-16(19)13(3)7-5-2/h8-11,13,17H,4-7,12H2,1-3H3,(H,18,19)/t13-/m1/s1. The molecule has 0 unspecified atom stereocenters. The van der Waals surface area contributed by atoms with Crippen molar-refractivity contribution in [2.24, 2.45) is 5.92 Å². The van der Waals surface area contributed by atoms with Crippen molar-refractivity contribution in [3.63, 3.8) is 0 Å². The van der Waals surface area contributed by atoms with Crippen LogP contribution >= 0.6 is 0 Å². The van der Waals surface area contributed by atoms with Crippen molar-refractivity contribution in [3.8, 4) is 0 Å². The maximum atomic E-state index is 12.0. The Hall–Kier alpha value is -1.40. The molecule has 0 spiro atoms. The zero-order valence-corrected chi connectivity index (χ0v) is 14.4. The molecule has 0 fully saturated rings. The first-order chi connectivity index (χ1) is 10.4. The maximum absolute atomic E-state index is 12.0. The van der Waals surface area contributed by atoms with Crippen molar-refractivity contribution in [2.45, 2.75) is 51.3 Å². The van der Waals surface area contributed by atoms with Gasteiger partial charge in [-0.1, -0.05) is 33.6 Å². The number of rotatable bonds is 9. The first-order valence-electron chi connectivity index (χ1n) is 7.81. The number of unbranched alkanes of at least 4 members (excludes halogenated alkanes) is 1. The molecule has 2 N–H and O–H groups in total. The lowest BCUT2D eigenvalue weighted by Crippen LogP contribution is -2.24. The van der Waals surface area contributed by atoms with Gasteiger partial charge in [0, 0.05) is 18.2 Å². The minimum Gasteiger partial charge on any atom is -0.326 e. The third-order valence-electron chi connectivity index (χ3n) is 3.42. The Balaban J connectivity index is 2.68. The van der Waals surface area contributed by atoms with Crippen molar-refractivity contribution in [3.05, 3.63) is 24.3 Å². The highest BCUT2D eigenvalue weighted by molar-refractivity contribution is 7.89. The van der Waals surface area contributed by atoms with Gasteiger partial charge in [0.15, 0.2) is 0 Å². The van der Waals surface area contributed by atoms with Crippen LogP contribution in [0.3, 0.4) is 0 Å². The lowest BCUT2D eigenvalue weighted by atomic mass is 10.1. The predicted octanol–water partition coefficient (Wildman–Crippen LogP) is 3.14. The quantitative estimate of drug-likeness (QED) is 0.685. The number of amides is 1. The third kappa shape index (κ3) is 5.77. The fourth-order valence-electron chi connectivity index (χ4n) is 2.01. The van der Waals surface area contributed by atoms with Gasteiger partial charge in [0.05, 0.1) is 4.90 Å². The molecule has 1 atom stereocenters. The number of benzene rings is 1. The number of hydrogen-bond acceptors (Lipinski definition) is 3. The Morgan fingerprint density at radius 1 is 1.14 bits per heavy atom. The molecular formula is C16H26N2O3S. The summed E-state index contributed by atoms with van der Waals surface area (Å²) in [6.45, 7) is 6.36. The Labute approximate surface area is 133 Å². The molecule has 1 amide bonds. The lowest BCUT2D eigenvalue weighted by molar-refractivity contribution is -0.119. The predicted molar refractivity (Wildman–Crippen MR) is 89.2 cm³/mol. The minimum absolute atomic E-state index is 0.0430. The van der Waals surface area contributed by atoms with E-state index in [1.165, 1.54) is 12.1 Å². The fraction of sp³-hybridized carbons (Fsp3) is 0.562. The summed E-state index contributed by atoms with van der Waals surface area (Å²) < 4.78 is 26.6. The maximum Gasteiger partial charge on any atom is 0.240 e. The summed E-state index contributed by atoms with van der Waals surface area (Å²) in [4.78, 5) is 12.1. The van der Waals surface area contributed by atoms with E-state index in [0.717, 1.165) is 25.7 Å². The van der Waals surface area contributed by atoms with Crippen molar-refractivity contribution >= 4 is 21.6 Å². The fourth-order valence-corrected chi connectivity index (χ4v) is 3.09. The van der Waals surface area contributed by atoms with Gasteiger partial charge in [-0.15, -0.1) is 0 Å². The van der Waals surface area contributed by atoms with Gasteiger partial charge in [-0.25, -0.2) is 13.1 Å². The Morgan fingerprint density at radius 3 is 2.32 bits per heavy atom. The van der Waals surface area contributed by atoms with E-state index in [-0.39, 0.29) is 16.7 Å². The highest BCUT2D eigenvalue weighted by atomic mass is 32.2. The highest BCUT2D eigenvalue weighted by Crippen LogP contribution is 2.16. The zero-order valence-electron chi connectivity index (χ0n) is 13.6. The SMILES string of the molecule is CCCCNS(=O)(=O)c1ccc(NC(=O)[C@H](C)CCC)cc1. The molecule has 0 aromatic heterocycles. The number of carbonyl (C=O) groups excluding carboxylic acids is 1. The first-order valence-corrected chi connectivity index (χ1v) is 9.29. The lowest BCUT2D eigenvalue weighted by Gasteiger charge is -2.12. The Bertz CT molecular complexity index is 568. The van der Waals surface area contributed by atoms with Crippen LogP contribution in [0.1, 0.15) is 46.5 Å². The molecule has 6 heteroatoms. The highest BCUT2D eigenvalue weighted by Gasteiger charge is 2.14. The molecule has 0 aliphatic rings. The number of anilines is 1. The molecule has 0 radical (unpaired) electrons. The van der Waals surface area contributed by atoms with Crippen LogP contribution in [0, 0.1) is 5.92 Å². The minimum atomic E-state index is -3.47. The number of sulfonamides is 1. The van der Waals surface area contributed by atoms with Gasteiger partial charge in [0.1, 0.15) is 0 Å². The average molecular weight is 326 g/mol. The summed E-state index contributed by atoms with van der Waals surface area (Å²) in [7, 11) is -3.47. The van der Waals surface area contributed by atoms with Gasteiger partial charge >= 0.3 is 0 Å². The normalized spacial score (nSPS) is 12.9. The van der Waals surface area contributed by atoms with Gasteiger partial charge in [-0.2, -0.15) is 0 Å². The van der Waals surface area contributed by atoms with Crippen LogP contribution in [-0.4, -0.2) is 20.9 Å². The van der Waals surface area contributed by atoms with Crippen LogP contribution in [0.25, 0.3) is 0 Å². The number of nitrogens with one attached hydrogen (secondary N) is 2. The third-order valence-corrected chi connectivity index (χ3v) is 4.90. The van der Waals surface area contributed by atoms with Crippen molar-refractivity contribution in [1.82, 2.24) is 4.72 Å². The Kier molecular flexibility index (Phi) is 7.55. The Morgan fingerprint density at radius 2 is 1.77 bits per heavy atom. The van der Waals surface area contributed by atoms with E-state index in [9.17, 15) is 13.2 Å². The average Bonchev–Trinajstić information content (AvgIpc) is 2.48. The van der Waals surface area contributed by atoms with Crippen molar-refractivity contribution in [2.75, 3.05) is 11.9 Å². The van der Waals surface area contributed by atoms with Gasteiger partial charge in [-0.05, 0) is 37.1 Å². The van der Waals surface area contributed by atoms with E-state index in [2.05, 4.69) is 10.0 Å². The molecule has 0 heterocycles. The van der Waals surface area contributed by atoms with E-state index < -0.39 is 10.0 Å². The summed E-state index contributed by atoms with van der Waals surface area (Å²) in [5, 5.41) is 2.80. The molecule has 0 saturated carbocycles. The molecule has 124 valence electrons. The van der Waals surface area contributed by atoms with E-state index >= 15 is 0 Å². The molecule has 5 nitrogen and oxygen atoms in total. The van der Waals surface area contributed by atoms with E-state index in [4.69, 9.17) is 0 Å². The summed E-state index contributed by atoms with van der Waals surface area (Å²) in [6, 6.07) is 6.25. The smallest absolute Gasteiger partial charge is 0.240 e. The summed E-state index contributed by atoms with van der Waals surface area (Å²) in [6.07, 6.45) is 3.53. The van der Waals surface area contributed by atoms with Gasteiger partial charge in [0.25, 0.3) is 0 Å². The molecule has 1 aromatic carbocycles. The monoisotopic (exact) mass is 326 g/mol. The largest absolute Gasteiger partial charge is 0.326 e. The summed E-state index contributed by atoms with van der Waals surface area (Å²) in [5.41, 5.74) is 0.612. The van der Waals surface area contributed by atoms with E-state index in [0.29, 0.717) is 12.2 Å². The number of carbonyl (C=O) groups is 1. The molecule has 1 rings (SSSR count). The number of hydrogen-bond donors (Lipinski definition) is 2. The second-order valence-corrected chi connectivity index (χ2v) is 7.22. The van der Waals surface area contributed by atoms with E-state index in [1.807, 2.05) is 20.8 Å². The molecule has 0 aliphatic carbocycles. The molecule has 0 bridgehead atoms. The van der Waals surface area contributed by atoms with Crippen molar-refractivity contribution < 1.29 is 13.2 Å². The molecule has 0 saturated heterocycles. The zero-order chi connectivity index (χ0) is 16.6. The second-order valence-electron chi connectivity index (χ2n) is 5.45. The van der Waals surface area contributed by atoms with Gasteiger partial charge < -0.3 is 5.32 Å². The van der Waals surface area contributed by atoms with Crippen LogP contribution in [-0.2, 0) is 14.8 Å². The second kappa shape index (κ2) is 8.90. The van der Waals surface area contributed by atoms with Crippen LogP contribution in [0.4, 0.5) is 5.69 Å². The molecule has 0 aliphatic heterocycles. The summed E-state index contributed by atoms with van der Waals surface area (Å²) in [5.74, 6) is -0.0948. The van der Waals surface area contributed by atoms with Gasteiger partial charge in [0.2, 0.25) is 15.9 Å². The van der Waals surface area contributed by atoms with Crippen LogP contribution < -0.4 is 10.0 Å². The van der Waals surface area contributed by atoms with Crippen LogP contribution in [0.15, 0.2) is 29.2 Å². The molecule has 22 heavy (non-hydrogen) atoms. The topological polar surface area (TPSA) is 75.3 Å².